The molecule has 0 bridgehead atoms. The first-order chi connectivity index (χ1) is 72.0. The highest BCUT2D eigenvalue weighted by Crippen LogP contribution is 2.36. The van der Waals surface area contributed by atoms with Gasteiger partial charge < -0.3 is 18.9 Å². The van der Waals surface area contributed by atoms with Crippen molar-refractivity contribution in [3.63, 3.8) is 0 Å². The van der Waals surface area contributed by atoms with E-state index >= 15 is 0 Å². The summed E-state index contributed by atoms with van der Waals surface area (Å²) >= 11 is 0. The predicted octanol–water partition coefficient (Wildman–Crippen LogP) is 35.4. The summed E-state index contributed by atoms with van der Waals surface area (Å²) in [7, 11) is 6.69. The van der Waals surface area contributed by atoms with Gasteiger partial charge in [-0.05, 0) is 334 Å². The topological polar surface area (TPSA) is 36.9 Å². The fourth-order valence-corrected chi connectivity index (χ4v) is 17.2. The van der Waals surface area contributed by atoms with Gasteiger partial charge in [0.05, 0.1) is 53.5 Å². The van der Waals surface area contributed by atoms with Crippen molar-refractivity contribution in [1.82, 2.24) is 0 Å². The Morgan fingerprint density at radius 1 is 0.243 bits per heavy atom. The zero-order chi connectivity index (χ0) is 105. The highest BCUT2D eigenvalue weighted by molar-refractivity contribution is 5.88. The number of aryl methyl sites for hydroxylation is 1. The van der Waals surface area contributed by atoms with E-state index in [1.165, 1.54) is 150 Å². The second-order valence-electron chi connectivity index (χ2n) is 39.4. The van der Waals surface area contributed by atoms with Crippen molar-refractivity contribution in [2.24, 2.45) is 0 Å². The van der Waals surface area contributed by atoms with Crippen molar-refractivity contribution in [1.29, 1.82) is 0 Å². The number of ether oxygens (including phenoxy) is 4. The zero-order valence-corrected chi connectivity index (χ0v) is 89.9. The number of hydrogen-bond acceptors (Lipinski definition) is 4. The van der Waals surface area contributed by atoms with Gasteiger partial charge in [-0.1, -0.05) is 426 Å². The molecule has 16 rings (SSSR count). The maximum Gasteiger partial charge on any atom is 0.0788 e. The van der Waals surface area contributed by atoms with Crippen molar-refractivity contribution >= 4 is 21.5 Å². The average Bonchev–Trinajstić information content (AvgIpc) is 0.795. The third-order valence-electron chi connectivity index (χ3n) is 26.1. The van der Waals surface area contributed by atoms with Gasteiger partial charge in [0.25, 0.3) is 0 Å². The Morgan fingerprint density at radius 2 is 0.514 bits per heavy atom. The van der Waals surface area contributed by atoms with Gasteiger partial charge in [0.2, 0.25) is 0 Å². The highest BCUT2D eigenvalue weighted by Gasteiger charge is 2.16. The third-order valence-corrected chi connectivity index (χ3v) is 26.1. The minimum atomic E-state index is 0.285. The summed E-state index contributed by atoms with van der Waals surface area (Å²) in [4.78, 5) is 0. The smallest absolute Gasteiger partial charge is 0.0788 e. The van der Waals surface area contributed by atoms with Crippen LogP contribution in [0, 0.1) is 66.1 Å². The summed E-state index contributed by atoms with van der Waals surface area (Å²) in [5.41, 5.74) is 36.1. The number of hydrogen-bond donors (Lipinski definition) is 0. The number of rotatable bonds is 27. The molecule has 744 valence electrons. The molecule has 0 amide bonds. The molecule has 0 aliphatic carbocycles. The van der Waals surface area contributed by atoms with E-state index in [2.05, 4.69) is 519 Å². The Balaban J connectivity index is 0.000000177. The van der Waals surface area contributed by atoms with E-state index in [1.807, 2.05) is 24.3 Å². The molecule has 0 aliphatic rings. The Morgan fingerprint density at radius 3 is 0.851 bits per heavy atom. The van der Waals surface area contributed by atoms with Gasteiger partial charge in [-0.2, -0.15) is 0 Å². The molecule has 0 aromatic heterocycles. The Labute approximate surface area is 886 Å². The van der Waals surface area contributed by atoms with Crippen molar-refractivity contribution in [2.75, 3.05) is 28.4 Å². The Bertz CT molecular complexity index is 7410. The molecule has 0 N–H and O–H groups in total. The fraction of sp³-hybridized carbons (Fsp3) is 0.222. The molecule has 4 nitrogen and oxygen atoms in total. The first-order valence-electron chi connectivity index (χ1n) is 51.9. The van der Waals surface area contributed by atoms with Gasteiger partial charge in [0.15, 0.2) is 0 Å². The van der Waals surface area contributed by atoms with Crippen LogP contribution in [-0.4, -0.2) is 28.4 Å². The first kappa shape index (κ1) is 111. The minimum absolute atomic E-state index is 0.285. The van der Waals surface area contributed by atoms with E-state index < -0.39 is 0 Å². The van der Waals surface area contributed by atoms with Gasteiger partial charge >= 0.3 is 0 Å². The molecule has 0 spiro atoms. The lowest BCUT2D eigenvalue weighted by molar-refractivity contribution is 0.336. The summed E-state index contributed by atoms with van der Waals surface area (Å²) in [6.45, 7) is 28.6. The second kappa shape index (κ2) is 58.6. The molecule has 0 atom stereocenters. The lowest BCUT2D eigenvalue weighted by Crippen LogP contribution is -2.10. The van der Waals surface area contributed by atoms with Crippen molar-refractivity contribution in [3.05, 3.63) is 536 Å². The molecule has 4 heteroatoms. The normalized spacial score (nSPS) is 11.0. The number of benzene rings is 16. The average molecular weight is 1940 g/mol. The van der Waals surface area contributed by atoms with Crippen molar-refractivity contribution in [3.8, 4) is 104 Å². The van der Waals surface area contributed by atoms with Crippen LogP contribution in [0.4, 0.5) is 0 Å². The quantitative estimate of drug-likeness (QED) is 0.0292. The predicted molar refractivity (Wildman–Crippen MR) is 632 cm³/mol. The van der Waals surface area contributed by atoms with E-state index in [9.17, 15) is 0 Å². The number of fused-ring (bicyclic) bond motifs is 2. The number of methoxy groups -OCH3 is 4. The molecule has 0 unspecified atom stereocenters. The van der Waals surface area contributed by atoms with Crippen molar-refractivity contribution < 1.29 is 18.9 Å². The van der Waals surface area contributed by atoms with Crippen LogP contribution in [0.2, 0.25) is 0 Å². The van der Waals surface area contributed by atoms with Crippen LogP contribution < -0.4 is 0 Å². The SMILES string of the molecule is C/C=C/Cc1ccccc1CC#Cc1ccc(-c2cc(-c3ccc(C#CCc4ccccc4C/C=C/OC)cc3)cc(-c3ccc(C(C)C)cc3)c2)cc1.CO/C=C/Cc1cc2ccccc2cc1CC#Cc1ccc(C(C)C)cc1.CO/C=C/Cc1ccc2ccccc2c1CC#Cc1ccc(C(C)C)cc1.CO/C=C/Cc1ccccc1CC#Cc1ccc(-c2ccc(C(C)C)cc2)cc1.Cc1ccc(C(C)(C)C)cc1. The maximum atomic E-state index is 5.08. The fourth-order valence-electron chi connectivity index (χ4n) is 17.2. The third kappa shape index (κ3) is 35.0. The van der Waals surface area contributed by atoms with Crippen LogP contribution in [0.5, 0.6) is 0 Å². The molecule has 16 aromatic carbocycles. The maximum absolute atomic E-state index is 5.08. The molecule has 0 fully saturated rings. The van der Waals surface area contributed by atoms with Crippen LogP contribution in [0.25, 0.3) is 66.1 Å². The van der Waals surface area contributed by atoms with Crippen LogP contribution >= 0.6 is 0 Å². The summed E-state index contributed by atoms with van der Waals surface area (Å²) in [5, 5.41) is 5.06. The molecule has 16 aromatic rings. The molecular weight excluding hydrogens is 1790 g/mol. The lowest BCUT2D eigenvalue weighted by Gasteiger charge is -2.18. The molecule has 0 saturated carbocycles. The van der Waals surface area contributed by atoms with Crippen LogP contribution in [0.3, 0.4) is 0 Å². The largest absolute Gasteiger partial charge is 0.505 e. The van der Waals surface area contributed by atoms with Crippen LogP contribution in [0.1, 0.15) is 224 Å². The highest BCUT2D eigenvalue weighted by atomic mass is 16.5. The molecule has 0 radical (unpaired) electrons. The van der Waals surface area contributed by atoms with Gasteiger partial charge in [0, 0.05) is 59.9 Å². The lowest BCUT2D eigenvalue weighted by atomic mass is 9.87. The van der Waals surface area contributed by atoms with Crippen LogP contribution in [-0.2, 0) is 88.6 Å². The monoisotopic (exact) mass is 1940 g/mol. The van der Waals surface area contributed by atoms with Gasteiger partial charge in [-0.3, -0.25) is 0 Å². The van der Waals surface area contributed by atoms with Crippen LogP contribution in [0.15, 0.2) is 419 Å². The van der Waals surface area contributed by atoms with Gasteiger partial charge in [-0.15, -0.1) is 0 Å². The summed E-state index contributed by atoms with van der Waals surface area (Å²) in [6, 6.07) is 128. The van der Waals surface area contributed by atoms with Crippen molar-refractivity contribution in [2.45, 2.75) is 183 Å². The molecule has 0 aliphatic heterocycles. The minimum Gasteiger partial charge on any atom is -0.505 e. The zero-order valence-electron chi connectivity index (χ0n) is 89.9. The molecule has 148 heavy (non-hydrogen) atoms. The Kier molecular flexibility index (Phi) is 43.8. The van der Waals surface area contributed by atoms with E-state index in [4.69, 9.17) is 18.9 Å². The summed E-state index contributed by atoms with van der Waals surface area (Å²) < 4.78 is 20.2. The molecule has 0 saturated heterocycles. The summed E-state index contributed by atoms with van der Waals surface area (Å²) in [6.07, 6.45) is 27.4. The second-order valence-corrected chi connectivity index (χ2v) is 39.4. The standard InChI is InChI=1S/C53H48O.C28H28O.2C26H26O.C11H16/c1-5-6-16-44-17-7-8-18-45(44)21-11-14-41-24-28-48(29-25-41)51-37-52(39-53(38-51)50-34-32-43(33-35-50)40(2)3)49-30-26-42(27-31-49)15-12-22-46-19-9-10-20-47(46)23-13-36-54-4;1-22(2)24-17-19-28(20-18-24)27-15-13-23(14-16-27)8-6-11-25-9-4-5-10-26(25)12-7-21-29-3;1-20(2)22-15-13-21(14-16-22)8-6-12-26-24(10-7-19-27-3)18-17-23-9-4-5-11-25(23)26;1-20(2)22-15-13-21(14-16-22)8-6-11-25-18-23-9-4-5-10-24(23)19-26(25)12-7-17-27-3;1-9-5-7-10(8-6-9)11(2,3)4/h5-10,13,17-20,24-40H,16,21-23H2,1-4H3;4-5,7,9-10,13-22H,11-12H2,1-3H3;4-5,7,9,11,13-20H,10,12H2,1-3H3;4-5,7,9-10,13-20H,11-12H2,1-3H3;5-8H,1-4H3/b6-5+,36-13+;21-7+;19-7+;17-7+;. The van der Waals surface area contributed by atoms with E-state index in [-0.39, 0.29) is 5.41 Å². The van der Waals surface area contributed by atoms with Gasteiger partial charge in [-0.25, -0.2) is 0 Å². The summed E-state index contributed by atoms with van der Waals surface area (Å²) in [5.74, 6) is 35.7. The molecular formula is C144H144O4. The van der Waals surface area contributed by atoms with E-state index in [1.54, 1.807) is 53.5 Å². The molecule has 0 heterocycles. The Hall–Kier alpha value is -16.3. The van der Waals surface area contributed by atoms with E-state index in [0.29, 0.717) is 30.1 Å². The number of allylic oxidation sites excluding steroid dienone is 6. The van der Waals surface area contributed by atoms with Gasteiger partial charge in [0.1, 0.15) is 0 Å². The van der Waals surface area contributed by atoms with E-state index in [0.717, 1.165) is 91.2 Å². The first-order valence-corrected chi connectivity index (χ1v) is 51.9.